The third-order valence-corrected chi connectivity index (χ3v) is 3.59. The van der Waals surface area contributed by atoms with Gasteiger partial charge in [0, 0.05) is 29.4 Å². The predicted molar refractivity (Wildman–Crippen MR) is 89.0 cm³/mol. The first-order valence-electron chi connectivity index (χ1n) is 6.96. The lowest BCUT2D eigenvalue weighted by Gasteiger charge is -2.05. The fourth-order valence-corrected chi connectivity index (χ4v) is 2.63. The van der Waals surface area contributed by atoms with Gasteiger partial charge in [0.15, 0.2) is 0 Å². The number of pyridine rings is 1. The van der Waals surface area contributed by atoms with E-state index in [0.717, 1.165) is 0 Å². The molecule has 2 aromatic heterocycles. The molecule has 0 fully saturated rings. The summed E-state index contributed by atoms with van der Waals surface area (Å²) in [5, 5.41) is 0.909. The van der Waals surface area contributed by atoms with Crippen LogP contribution in [0.25, 0.3) is 10.9 Å². The van der Waals surface area contributed by atoms with Crippen molar-refractivity contribution in [3.63, 3.8) is 0 Å². The summed E-state index contributed by atoms with van der Waals surface area (Å²) < 4.78 is 5.71. The molecule has 122 valence electrons. The Hall–Kier alpha value is -3.06. The van der Waals surface area contributed by atoms with E-state index >= 15 is 0 Å². The van der Waals surface area contributed by atoms with Crippen LogP contribution in [0.15, 0.2) is 36.5 Å². The average molecular weight is 345 g/mol. The molecule has 0 aliphatic carbocycles. The monoisotopic (exact) mass is 344 g/mol. The van der Waals surface area contributed by atoms with Gasteiger partial charge in [0.1, 0.15) is 16.7 Å². The number of rotatable bonds is 5. The number of primary amides is 2. The van der Waals surface area contributed by atoms with Gasteiger partial charge in [0.05, 0.1) is 17.5 Å². The molecule has 0 spiro atoms. The molecule has 2 heterocycles. The number of ether oxygens (including phenoxy) is 1. The molecule has 0 unspecified atom stereocenters. The number of carbonyl (C=O) groups excluding carboxylic acids is 2. The maximum absolute atomic E-state index is 11.7. The smallest absolute Gasteiger partial charge is 0.251 e. The quantitative estimate of drug-likeness (QED) is 0.613. The molecule has 8 heteroatoms. The lowest BCUT2D eigenvalue weighted by molar-refractivity contribution is -0.117. The van der Waals surface area contributed by atoms with Crippen molar-refractivity contribution >= 4 is 34.3 Å². The molecule has 0 aliphatic rings. The Morgan fingerprint density at radius 1 is 1.17 bits per heavy atom. The first-order chi connectivity index (χ1) is 11.4. The molecule has 2 amide bonds. The largest absolute Gasteiger partial charge is 0.457 e. The number of benzene rings is 1. The van der Waals surface area contributed by atoms with Gasteiger partial charge in [-0.25, -0.2) is 4.98 Å². The number of aromatic amines is 1. The second kappa shape index (κ2) is 6.21. The summed E-state index contributed by atoms with van der Waals surface area (Å²) in [6.07, 6.45) is 1.42. The maximum Gasteiger partial charge on any atom is 0.251 e. The number of nitrogens with two attached hydrogens (primary N) is 2. The van der Waals surface area contributed by atoms with Crippen LogP contribution < -0.4 is 16.2 Å². The number of nitrogens with one attached hydrogen (secondary N) is 1. The van der Waals surface area contributed by atoms with Crippen molar-refractivity contribution in [2.75, 3.05) is 0 Å². The Labute approximate surface area is 141 Å². The highest BCUT2D eigenvalue weighted by Crippen LogP contribution is 2.29. The van der Waals surface area contributed by atoms with E-state index in [2.05, 4.69) is 9.97 Å². The number of aromatic nitrogens is 2. The van der Waals surface area contributed by atoms with Gasteiger partial charge in [-0.15, -0.1) is 0 Å². The minimum Gasteiger partial charge on any atom is -0.457 e. The molecule has 0 saturated carbocycles. The number of nitrogens with zero attached hydrogens (tertiary/aromatic N) is 1. The molecule has 0 saturated heterocycles. The Morgan fingerprint density at radius 2 is 1.92 bits per heavy atom. The van der Waals surface area contributed by atoms with Crippen LogP contribution in [0.2, 0.25) is 5.15 Å². The average Bonchev–Trinajstić information content (AvgIpc) is 2.83. The van der Waals surface area contributed by atoms with E-state index in [1.54, 1.807) is 30.3 Å². The number of H-pyrrole nitrogens is 1. The second-order valence-corrected chi connectivity index (χ2v) is 5.50. The summed E-state index contributed by atoms with van der Waals surface area (Å²) in [4.78, 5) is 29.7. The minimum absolute atomic E-state index is 0.108. The summed E-state index contributed by atoms with van der Waals surface area (Å²) in [5.41, 5.74) is 11.9. The Bertz CT molecular complexity index is 952. The zero-order valence-electron chi connectivity index (χ0n) is 12.4. The topological polar surface area (TPSA) is 124 Å². The standard InChI is InChI=1S/C16H13ClN4O3/c17-13-6-9(3-4-20-13)24-8-1-2-10-11(5-8)21-12(7-14(18)22)15(10)16(19)23/h1-6,21H,7H2,(H2,18,22)(H2,19,23). The SMILES string of the molecule is NC(=O)Cc1[nH]c2cc(Oc3ccnc(Cl)c3)ccc2c1C(N)=O. The van der Waals surface area contributed by atoms with Gasteiger partial charge in [-0.2, -0.15) is 0 Å². The third-order valence-electron chi connectivity index (χ3n) is 3.38. The van der Waals surface area contributed by atoms with E-state index in [1.807, 2.05) is 0 Å². The Kier molecular flexibility index (Phi) is 4.09. The van der Waals surface area contributed by atoms with Gasteiger partial charge in [0.2, 0.25) is 5.91 Å². The van der Waals surface area contributed by atoms with Gasteiger partial charge >= 0.3 is 0 Å². The maximum atomic E-state index is 11.7. The van der Waals surface area contributed by atoms with Crippen molar-refractivity contribution in [3.8, 4) is 11.5 Å². The zero-order valence-corrected chi connectivity index (χ0v) is 13.1. The number of carbonyl (C=O) groups is 2. The molecular formula is C16H13ClN4O3. The predicted octanol–water partition coefficient (Wildman–Crippen LogP) is 2.14. The first kappa shape index (κ1) is 15.8. The Balaban J connectivity index is 2.02. The molecule has 0 radical (unpaired) electrons. The van der Waals surface area contributed by atoms with Crippen LogP contribution in [-0.4, -0.2) is 21.8 Å². The number of hydrogen-bond donors (Lipinski definition) is 3. The van der Waals surface area contributed by atoms with Crippen LogP contribution >= 0.6 is 11.6 Å². The lowest BCUT2D eigenvalue weighted by Crippen LogP contribution is -2.18. The molecule has 24 heavy (non-hydrogen) atoms. The molecular weight excluding hydrogens is 332 g/mol. The fourth-order valence-electron chi connectivity index (χ4n) is 2.47. The Morgan fingerprint density at radius 3 is 2.58 bits per heavy atom. The minimum atomic E-state index is -0.632. The number of halogens is 1. The molecule has 0 bridgehead atoms. The van der Waals surface area contributed by atoms with E-state index in [0.29, 0.717) is 33.2 Å². The van der Waals surface area contributed by atoms with Gasteiger partial charge in [-0.05, 0) is 18.2 Å². The van der Waals surface area contributed by atoms with E-state index in [-0.39, 0.29) is 12.0 Å². The highest BCUT2D eigenvalue weighted by Gasteiger charge is 2.18. The van der Waals surface area contributed by atoms with Crippen LogP contribution in [0.4, 0.5) is 0 Å². The molecule has 7 nitrogen and oxygen atoms in total. The third kappa shape index (κ3) is 3.16. The van der Waals surface area contributed by atoms with E-state index < -0.39 is 11.8 Å². The van der Waals surface area contributed by atoms with Crippen molar-refractivity contribution in [2.45, 2.75) is 6.42 Å². The van der Waals surface area contributed by atoms with Crippen molar-refractivity contribution in [1.29, 1.82) is 0 Å². The normalized spacial score (nSPS) is 10.7. The first-order valence-corrected chi connectivity index (χ1v) is 7.34. The molecule has 1 aromatic carbocycles. The van der Waals surface area contributed by atoms with Crippen LogP contribution in [-0.2, 0) is 11.2 Å². The summed E-state index contributed by atoms with van der Waals surface area (Å²) in [5.74, 6) is -0.153. The van der Waals surface area contributed by atoms with Crippen LogP contribution in [0, 0.1) is 0 Å². The zero-order chi connectivity index (χ0) is 17.3. The van der Waals surface area contributed by atoms with E-state index in [1.165, 1.54) is 6.20 Å². The number of amides is 2. The summed E-state index contributed by atoms with van der Waals surface area (Å²) in [6, 6.07) is 8.31. The second-order valence-electron chi connectivity index (χ2n) is 5.11. The van der Waals surface area contributed by atoms with Crippen molar-refractivity contribution < 1.29 is 14.3 Å². The van der Waals surface area contributed by atoms with Crippen molar-refractivity contribution in [2.24, 2.45) is 11.5 Å². The molecule has 5 N–H and O–H groups in total. The van der Waals surface area contributed by atoms with Crippen molar-refractivity contribution in [3.05, 3.63) is 52.9 Å². The van der Waals surface area contributed by atoms with Gasteiger partial charge in [-0.1, -0.05) is 11.6 Å². The van der Waals surface area contributed by atoms with Crippen LogP contribution in [0.3, 0.4) is 0 Å². The van der Waals surface area contributed by atoms with Gasteiger partial charge in [0.25, 0.3) is 5.91 Å². The highest BCUT2D eigenvalue weighted by atomic mass is 35.5. The number of fused-ring (bicyclic) bond motifs is 1. The lowest BCUT2D eigenvalue weighted by atomic mass is 10.1. The van der Waals surface area contributed by atoms with Crippen LogP contribution in [0.5, 0.6) is 11.5 Å². The molecule has 3 rings (SSSR count). The highest BCUT2D eigenvalue weighted by molar-refractivity contribution is 6.29. The van der Waals surface area contributed by atoms with Crippen LogP contribution in [0.1, 0.15) is 16.1 Å². The molecule has 0 atom stereocenters. The summed E-state index contributed by atoms with van der Waals surface area (Å²) in [7, 11) is 0. The summed E-state index contributed by atoms with van der Waals surface area (Å²) >= 11 is 5.82. The number of hydrogen-bond acceptors (Lipinski definition) is 4. The van der Waals surface area contributed by atoms with E-state index in [4.69, 9.17) is 27.8 Å². The van der Waals surface area contributed by atoms with Gasteiger partial charge < -0.3 is 21.2 Å². The van der Waals surface area contributed by atoms with E-state index in [9.17, 15) is 9.59 Å². The molecule has 3 aromatic rings. The molecule has 0 aliphatic heterocycles. The summed E-state index contributed by atoms with van der Waals surface area (Å²) in [6.45, 7) is 0. The van der Waals surface area contributed by atoms with Crippen molar-refractivity contribution in [1.82, 2.24) is 9.97 Å². The fraction of sp³-hybridized carbons (Fsp3) is 0.0625. The van der Waals surface area contributed by atoms with Gasteiger partial charge in [-0.3, -0.25) is 9.59 Å².